The highest BCUT2D eigenvalue weighted by Gasteiger charge is 2.35. The minimum atomic E-state index is -0.230. The van der Waals surface area contributed by atoms with Crippen molar-refractivity contribution < 1.29 is 14.6 Å². The van der Waals surface area contributed by atoms with E-state index in [1.165, 1.54) is 0 Å². The molecule has 0 unspecified atom stereocenters. The van der Waals surface area contributed by atoms with Crippen molar-refractivity contribution in [1.29, 1.82) is 0 Å². The number of piperidine rings is 1. The zero-order chi connectivity index (χ0) is 15.9. The summed E-state index contributed by atoms with van der Waals surface area (Å²) in [6.07, 6.45) is 3.34. The standard InChI is InChI=1S/C18H27NO3/c1-14-11-15(2)19(17(12-14)9-6-10-20)18(21)22-13-16-7-4-3-5-8-16/h3-5,7-8,14-15,17,20H,6,9-13H2,1-2H3/t14-,15+,17-/m1/s1. The molecule has 1 N–H and O–H groups in total. The van der Waals surface area contributed by atoms with E-state index in [-0.39, 0.29) is 24.8 Å². The second-order valence-electron chi connectivity index (χ2n) is 6.39. The molecule has 0 bridgehead atoms. The van der Waals surface area contributed by atoms with Crippen molar-refractivity contribution in [2.24, 2.45) is 5.92 Å². The van der Waals surface area contributed by atoms with E-state index < -0.39 is 0 Å². The Kier molecular flexibility index (Phi) is 6.25. The summed E-state index contributed by atoms with van der Waals surface area (Å²) in [6, 6.07) is 10.1. The van der Waals surface area contributed by atoms with E-state index in [4.69, 9.17) is 9.84 Å². The summed E-state index contributed by atoms with van der Waals surface area (Å²) in [5.41, 5.74) is 1.00. The Morgan fingerprint density at radius 1 is 1.27 bits per heavy atom. The number of amides is 1. The number of aliphatic hydroxyl groups excluding tert-OH is 1. The number of carbonyl (C=O) groups is 1. The van der Waals surface area contributed by atoms with E-state index in [0.29, 0.717) is 12.5 Å². The number of likely N-dealkylation sites (tertiary alicyclic amines) is 1. The maximum atomic E-state index is 12.5. The summed E-state index contributed by atoms with van der Waals surface area (Å²) in [5.74, 6) is 0.608. The van der Waals surface area contributed by atoms with Gasteiger partial charge in [0.25, 0.3) is 0 Å². The van der Waals surface area contributed by atoms with Gasteiger partial charge in [0.15, 0.2) is 0 Å². The monoisotopic (exact) mass is 305 g/mol. The van der Waals surface area contributed by atoms with Crippen molar-refractivity contribution >= 4 is 6.09 Å². The van der Waals surface area contributed by atoms with E-state index in [2.05, 4.69) is 13.8 Å². The third-order valence-electron chi connectivity index (χ3n) is 4.40. The molecule has 1 aliphatic heterocycles. The lowest BCUT2D eigenvalue weighted by Gasteiger charge is -2.42. The molecule has 4 heteroatoms. The van der Waals surface area contributed by atoms with Crippen molar-refractivity contribution in [2.75, 3.05) is 6.61 Å². The average molecular weight is 305 g/mol. The number of ether oxygens (including phenoxy) is 1. The molecule has 2 rings (SSSR count). The van der Waals surface area contributed by atoms with Crippen molar-refractivity contribution in [1.82, 2.24) is 4.90 Å². The van der Waals surface area contributed by atoms with Gasteiger partial charge in [0, 0.05) is 18.7 Å². The van der Waals surface area contributed by atoms with Gasteiger partial charge in [0.1, 0.15) is 6.61 Å². The van der Waals surface area contributed by atoms with Crippen LogP contribution in [0.5, 0.6) is 0 Å². The topological polar surface area (TPSA) is 49.8 Å². The van der Waals surface area contributed by atoms with Crippen LogP contribution in [0.4, 0.5) is 4.79 Å². The zero-order valence-corrected chi connectivity index (χ0v) is 13.6. The van der Waals surface area contributed by atoms with Gasteiger partial charge in [-0.2, -0.15) is 0 Å². The molecule has 1 aromatic rings. The molecule has 0 saturated carbocycles. The second-order valence-corrected chi connectivity index (χ2v) is 6.39. The number of nitrogens with zero attached hydrogens (tertiary/aromatic N) is 1. The van der Waals surface area contributed by atoms with Crippen molar-refractivity contribution in [3.05, 3.63) is 35.9 Å². The molecule has 1 fully saturated rings. The van der Waals surface area contributed by atoms with Gasteiger partial charge in [-0.25, -0.2) is 4.79 Å². The van der Waals surface area contributed by atoms with Crippen LogP contribution >= 0.6 is 0 Å². The highest BCUT2D eigenvalue weighted by Crippen LogP contribution is 2.30. The summed E-state index contributed by atoms with van der Waals surface area (Å²) in [4.78, 5) is 14.4. The molecule has 0 aliphatic carbocycles. The third kappa shape index (κ3) is 4.47. The van der Waals surface area contributed by atoms with E-state index in [0.717, 1.165) is 31.2 Å². The first kappa shape index (κ1) is 16.8. The number of hydrogen-bond donors (Lipinski definition) is 1. The second kappa shape index (κ2) is 8.18. The van der Waals surface area contributed by atoms with Crippen molar-refractivity contribution in [2.45, 2.75) is 58.2 Å². The Morgan fingerprint density at radius 3 is 2.68 bits per heavy atom. The van der Waals surface area contributed by atoms with Crippen LogP contribution in [0.25, 0.3) is 0 Å². The SMILES string of the molecule is C[C@H]1C[C@@H](CCCO)N(C(=O)OCc2ccccc2)[C@@H](C)C1. The Morgan fingerprint density at radius 2 is 2.00 bits per heavy atom. The predicted octanol–water partition coefficient (Wildman–Crippen LogP) is 3.58. The Balaban J connectivity index is 1.97. The molecule has 0 radical (unpaired) electrons. The molecule has 4 nitrogen and oxygen atoms in total. The smallest absolute Gasteiger partial charge is 0.410 e. The van der Waals surface area contributed by atoms with Gasteiger partial charge >= 0.3 is 6.09 Å². The normalized spacial score (nSPS) is 25.0. The van der Waals surface area contributed by atoms with Gasteiger partial charge in [-0.3, -0.25) is 0 Å². The van der Waals surface area contributed by atoms with E-state index in [9.17, 15) is 4.79 Å². The summed E-state index contributed by atoms with van der Waals surface area (Å²) in [5, 5.41) is 9.07. The number of hydrogen-bond acceptors (Lipinski definition) is 3. The molecule has 22 heavy (non-hydrogen) atoms. The van der Waals surface area contributed by atoms with Crippen LogP contribution in [-0.2, 0) is 11.3 Å². The van der Waals surface area contributed by atoms with Gasteiger partial charge in [0.05, 0.1) is 0 Å². The highest BCUT2D eigenvalue weighted by atomic mass is 16.6. The van der Waals surface area contributed by atoms with Crippen LogP contribution in [0.3, 0.4) is 0 Å². The van der Waals surface area contributed by atoms with Crippen LogP contribution < -0.4 is 0 Å². The van der Waals surface area contributed by atoms with E-state index >= 15 is 0 Å². The van der Waals surface area contributed by atoms with Crippen LogP contribution in [0.15, 0.2) is 30.3 Å². The van der Waals surface area contributed by atoms with E-state index in [1.54, 1.807) is 0 Å². The lowest BCUT2D eigenvalue weighted by molar-refractivity contribution is 0.0298. The van der Waals surface area contributed by atoms with Crippen LogP contribution in [0, 0.1) is 5.92 Å². The first-order valence-corrected chi connectivity index (χ1v) is 8.21. The van der Waals surface area contributed by atoms with E-state index in [1.807, 2.05) is 35.2 Å². The summed E-state index contributed by atoms with van der Waals surface area (Å²) < 4.78 is 5.51. The summed E-state index contributed by atoms with van der Waals surface area (Å²) in [6.45, 7) is 4.80. The number of carbonyl (C=O) groups excluding carboxylic acids is 1. The number of rotatable bonds is 5. The van der Waals surface area contributed by atoms with Gasteiger partial charge < -0.3 is 14.7 Å². The van der Waals surface area contributed by atoms with Crippen LogP contribution in [0.1, 0.15) is 45.1 Å². The predicted molar refractivity (Wildman–Crippen MR) is 86.4 cm³/mol. The average Bonchev–Trinajstić information content (AvgIpc) is 2.51. The quantitative estimate of drug-likeness (QED) is 0.904. The first-order chi connectivity index (χ1) is 10.6. The number of benzene rings is 1. The summed E-state index contributed by atoms with van der Waals surface area (Å²) >= 11 is 0. The Bertz CT molecular complexity index is 463. The Hall–Kier alpha value is -1.55. The lowest BCUT2D eigenvalue weighted by Crippen LogP contribution is -2.51. The van der Waals surface area contributed by atoms with Crippen LogP contribution in [0.2, 0.25) is 0 Å². The van der Waals surface area contributed by atoms with Crippen LogP contribution in [-0.4, -0.2) is 34.8 Å². The molecular formula is C18H27NO3. The molecular weight excluding hydrogens is 278 g/mol. The lowest BCUT2D eigenvalue weighted by atomic mass is 9.86. The fourth-order valence-electron chi connectivity index (χ4n) is 3.44. The molecule has 122 valence electrons. The summed E-state index contributed by atoms with van der Waals surface area (Å²) in [7, 11) is 0. The molecule has 3 atom stereocenters. The number of aliphatic hydroxyl groups is 1. The third-order valence-corrected chi connectivity index (χ3v) is 4.40. The zero-order valence-electron chi connectivity index (χ0n) is 13.6. The van der Waals surface area contributed by atoms with Gasteiger partial charge in [-0.1, -0.05) is 37.3 Å². The van der Waals surface area contributed by atoms with Crippen molar-refractivity contribution in [3.8, 4) is 0 Å². The molecule has 1 saturated heterocycles. The van der Waals surface area contributed by atoms with Gasteiger partial charge in [-0.05, 0) is 44.1 Å². The van der Waals surface area contributed by atoms with Gasteiger partial charge in [-0.15, -0.1) is 0 Å². The molecule has 0 aromatic heterocycles. The molecule has 1 aliphatic rings. The minimum absolute atomic E-state index is 0.173. The molecule has 1 aromatic carbocycles. The minimum Gasteiger partial charge on any atom is -0.445 e. The largest absolute Gasteiger partial charge is 0.445 e. The Labute approximate surface area is 133 Å². The maximum Gasteiger partial charge on any atom is 0.410 e. The maximum absolute atomic E-state index is 12.5. The fourth-order valence-corrected chi connectivity index (χ4v) is 3.44. The van der Waals surface area contributed by atoms with Crippen molar-refractivity contribution in [3.63, 3.8) is 0 Å². The molecule has 1 amide bonds. The highest BCUT2D eigenvalue weighted by molar-refractivity contribution is 5.68. The molecule has 0 spiro atoms. The van der Waals surface area contributed by atoms with Gasteiger partial charge in [0.2, 0.25) is 0 Å². The first-order valence-electron chi connectivity index (χ1n) is 8.21. The molecule has 1 heterocycles. The fraction of sp³-hybridized carbons (Fsp3) is 0.611.